The van der Waals surface area contributed by atoms with Crippen molar-refractivity contribution in [1.29, 1.82) is 0 Å². The maximum atomic E-state index is 6.38. The van der Waals surface area contributed by atoms with E-state index in [0.29, 0.717) is 6.10 Å². The minimum Gasteiger partial charge on any atom is -0.484 e. The van der Waals surface area contributed by atoms with E-state index >= 15 is 0 Å². The van der Waals surface area contributed by atoms with Crippen molar-refractivity contribution in [3.05, 3.63) is 48.2 Å². The molecule has 0 aromatic carbocycles. The smallest absolute Gasteiger partial charge is 0.165 e. The van der Waals surface area contributed by atoms with Crippen molar-refractivity contribution in [2.45, 2.75) is 51.4 Å². The molecule has 4 aromatic heterocycles. The van der Waals surface area contributed by atoms with Crippen molar-refractivity contribution in [1.82, 2.24) is 29.4 Å². The zero-order valence-corrected chi connectivity index (χ0v) is 18.3. The number of aryl methyl sites for hydroxylation is 3. The number of nitrogens with one attached hydrogen (secondary N) is 1. The molecule has 4 aromatic rings. The van der Waals surface area contributed by atoms with Gasteiger partial charge in [-0.3, -0.25) is 4.68 Å². The van der Waals surface area contributed by atoms with Crippen LogP contribution in [0.2, 0.25) is 0 Å². The van der Waals surface area contributed by atoms with Crippen molar-refractivity contribution >= 4 is 17.2 Å². The number of hydrogen-bond donors (Lipinski definition) is 1. The fourth-order valence-corrected chi connectivity index (χ4v) is 4.83. The summed E-state index contributed by atoms with van der Waals surface area (Å²) in [5, 5.41) is 12.4. The molecule has 3 atom stereocenters. The molecule has 9 heteroatoms. The zero-order valence-electron chi connectivity index (χ0n) is 18.3. The Morgan fingerprint density at radius 2 is 2.03 bits per heavy atom. The van der Waals surface area contributed by atoms with Crippen LogP contribution >= 0.6 is 0 Å². The molecular weight excluding hydrogens is 406 g/mol. The summed E-state index contributed by atoms with van der Waals surface area (Å²) < 4.78 is 16.0. The lowest BCUT2D eigenvalue weighted by atomic mass is 9.98. The lowest BCUT2D eigenvalue weighted by Gasteiger charge is -2.20. The Morgan fingerprint density at radius 3 is 2.81 bits per heavy atom. The SMILES string of the molecule is Cc1cc(Nc2cc3cc(-c4c(OC5C[C@@H]6CCC5O6)cnn4C)ccn3n2)nc(C)n1. The number of ether oxygens (including phenoxy) is 2. The van der Waals surface area contributed by atoms with Crippen molar-refractivity contribution in [2.24, 2.45) is 7.05 Å². The minimum absolute atomic E-state index is 0.103. The van der Waals surface area contributed by atoms with Gasteiger partial charge in [-0.15, -0.1) is 0 Å². The average molecular weight is 432 g/mol. The van der Waals surface area contributed by atoms with Crippen LogP contribution in [0.15, 0.2) is 36.7 Å². The van der Waals surface area contributed by atoms with Crippen molar-refractivity contribution < 1.29 is 9.47 Å². The van der Waals surface area contributed by atoms with Crippen molar-refractivity contribution in [2.75, 3.05) is 5.32 Å². The number of anilines is 2. The number of rotatable bonds is 5. The van der Waals surface area contributed by atoms with Crippen LogP contribution in [0.1, 0.15) is 30.8 Å². The molecule has 0 spiro atoms. The quantitative estimate of drug-likeness (QED) is 0.516. The highest BCUT2D eigenvalue weighted by molar-refractivity contribution is 5.72. The number of hydrogen-bond acceptors (Lipinski definition) is 7. The molecule has 0 amide bonds. The summed E-state index contributed by atoms with van der Waals surface area (Å²) in [5.41, 5.74) is 3.85. The van der Waals surface area contributed by atoms with Gasteiger partial charge in [-0.2, -0.15) is 10.2 Å². The molecule has 6 heterocycles. The summed E-state index contributed by atoms with van der Waals surface area (Å²) in [6.45, 7) is 3.83. The van der Waals surface area contributed by atoms with Gasteiger partial charge in [-0.1, -0.05) is 0 Å². The van der Waals surface area contributed by atoms with Crippen molar-refractivity contribution in [3.8, 4) is 17.0 Å². The van der Waals surface area contributed by atoms with Crippen molar-refractivity contribution in [3.63, 3.8) is 0 Å². The van der Waals surface area contributed by atoms with Gasteiger partial charge in [-0.05, 0) is 38.8 Å². The molecule has 32 heavy (non-hydrogen) atoms. The molecule has 0 aliphatic carbocycles. The maximum absolute atomic E-state index is 6.38. The Bertz CT molecular complexity index is 1290. The number of fused-ring (bicyclic) bond motifs is 3. The average Bonchev–Trinajstić information content (AvgIpc) is 3.51. The van der Waals surface area contributed by atoms with Gasteiger partial charge in [0.15, 0.2) is 11.6 Å². The summed E-state index contributed by atoms with van der Waals surface area (Å²) >= 11 is 0. The number of aromatic nitrogens is 6. The molecule has 6 rings (SSSR count). The van der Waals surface area contributed by atoms with Gasteiger partial charge >= 0.3 is 0 Å². The first-order chi connectivity index (χ1) is 15.5. The van der Waals surface area contributed by atoms with Gasteiger partial charge in [0.2, 0.25) is 0 Å². The summed E-state index contributed by atoms with van der Waals surface area (Å²) in [7, 11) is 1.94. The lowest BCUT2D eigenvalue weighted by molar-refractivity contribution is 0.0642. The molecule has 2 aliphatic heterocycles. The second-order valence-electron chi connectivity index (χ2n) is 8.63. The topological polar surface area (TPSA) is 91.4 Å². The minimum atomic E-state index is 0.103. The van der Waals surface area contributed by atoms with Crippen LogP contribution in [0.4, 0.5) is 11.6 Å². The molecule has 2 aliphatic rings. The Balaban J connectivity index is 1.29. The first-order valence-electron chi connectivity index (χ1n) is 10.9. The third-order valence-corrected chi connectivity index (χ3v) is 6.19. The highest BCUT2D eigenvalue weighted by Crippen LogP contribution is 2.39. The highest BCUT2D eigenvalue weighted by atomic mass is 16.6. The summed E-state index contributed by atoms with van der Waals surface area (Å²) in [4.78, 5) is 8.76. The predicted molar refractivity (Wildman–Crippen MR) is 119 cm³/mol. The van der Waals surface area contributed by atoms with Crippen LogP contribution < -0.4 is 10.1 Å². The Kier molecular flexibility index (Phi) is 4.39. The van der Waals surface area contributed by atoms with Crippen LogP contribution in [0.25, 0.3) is 16.8 Å². The van der Waals surface area contributed by atoms with Gasteiger partial charge < -0.3 is 14.8 Å². The van der Waals surface area contributed by atoms with E-state index in [4.69, 9.17) is 9.47 Å². The Morgan fingerprint density at radius 1 is 1.12 bits per heavy atom. The van der Waals surface area contributed by atoms with Gasteiger partial charge in [0.25, 0.3) is 0 Å². The fourth-order valence-electron chi connectivity index (χ4n) is 4.83. The molecular formula is C23H25N7O2. The van der Waals surface area contributed by atoms with E-state index in [1.165, 1.54) is 0 Å². The van der Waals surface area contributed by atoms with Gasteiger partial charge in [0.1, 0.15) is 23.4 Å². The molecule has 2 unspecified atom stereocenters. The third-order valence-electron chi connectivity index (χ3n) is 6.19. The fraction of sp³-hybridized carbons (Fsp3) is 0.391. The summed E-state index contributed by atoms with van der Waals surface area (Å²) in [6.07, 6.45) is 7.58. The standard InChI is InChI=1S/C23H25N7O2/c1-13-8-21(26-14(2)25-13)27-22-10-16-9-15(6-7-30(16)28-22)23-20(12-24-29(23)3)32-19-11-17-4-5-18(19)31-17/h6-10,12,17-19H,4-5,11H2,1-3H3,(H,25,26,27,28)/t17-,18?,19?/m0/s1. The van der Waals surface area contributed by atoms with Crippen LogP contribution in [0.5, 0.6) is 5.75 Å². The Labute approximate surface area is 185 Å². The molecule has 2 saturated heterocycles. The van der Waals surface area contributed by atoms with E-state index < -0.39 is 0 Å². The monoisotopic (exact) mass is 431 g/mol. The lowest BCUT2D eigenvalue weighted by Crippen LogP contribution is -2.28. The van der Waals surface area contributed by atoms with E-state index in [0.717, 1.165) is 64.9 Å². The maximum Gasteiger partial charge on any atom is 0.165 e. The normalized spacial score (nSPS) is 22.0. The highest BCUT2D eigenvalue weighted by Gasteiger charge is 2.42. The molecule has 0 saturated carbocycles. The first kappa shape index (κ1) is 19.2. The van der Waals surface area contributed by atoms with E-state index in [2.05, 4.69) is 31.5 Å². The van der Waals surface area contributed by atoms with E-state index in [1.807, 2.05) is 54.5 Å². The van der Waals surface area contributed by atoms with E-state index in [1.54, 1.807) is 6.20 Å². The van der Waals surface area contributed by atoms with E-state index in [9.17, 15) is 0 Å². The van der Waals surface area contributed by atoms with Gasteiger partial charge in [0.05, 0.1) is 23.9 Å². The Hall–Kier alpha value is -3.46. The summed E-state index contributed by atoms with van der Waals surface area (Å²) in [6, 6.07) is 8.03. The van der Waals surface area contributed by atoms with Crippen LogP contribution in [-0.4, -0.2) is 47.7 Å². The second-order valence-corrected chi connectivity index (χ2v) is 8.63. The van der Waals surface area contributed by atoms with Gasteiger partial charge in [0, 0.05) is 43.1 Å². The molecule has 164 valence electrons. The summed E-state index contributed by atoms with van der Waals surface area (Å²) in [5.74, 6) is 2.97. The number of nitrogens with zero attached hydrogens (tertiary/aromatic N) is 6. The second kappa shape index (κ2) is 7.30. The largest absolute Gasteiger partial charge is 0.484 e. The molecule has 2 fully saturated rings. The first-order valence-corrected chi connectivity index (χ1v) is 10.9. The third kappa shape index (κ3) is 3.38. The van der Waals surface area contributed by atoms with Crippen LogP contribution in [-0.2, 0) is 11.8 Å². The predicted octanol–water partition coefficient (Wildman–Crippen LogP) is 3.58. The number of pyridine rings is 1. The molecule has 0 radical (unpaired) electrons. The molecule has 2 bridgehead atoms. The van der Waals surface area contributed by atoms with E-state index in [-0.39, 0.29) is 12.2 Å². The van der Waals surface area contributed by atoms with Gasteiger partial charge in [-0.25, -0.2) is 14.5 Å². The zero-order chi connectivity index (χ0) is 21.8. The molecule has 1 N–H and O–H groups in total. The molecule has 9 nitrogen and oxygen atoms in total. The van der Waals surface area contributed by atoms with Crippen LogP contribution in [0, 0.1) is 13.8 Å². The van der Waals surface area contributed by atoms with Crippen LogP contribution in [0.3, 0.4) is 0 Å².